The molecule has 0 spiro atoms. The van der Waals surface area contributed by atoms with Gasteiger partial charge in [0.05, 0.1) is 29.4 Å². The van der Waals surface area contributed by atoms with Gasteiger partial charge in [-0.3, -0.25) is 0 Å². The van der Waals surface area contributed by atoms with Crippen LogP contribution in [-0.4, -0.2) is 24.9 Å². The summed E-state index contributed by atoms with van der Waals surface area (Å²) in [6.07, 6.45) is -4.41. The van der Waals surface area contributed by atoms with Gasteiger partial charge in [-0.25, -0.2) is 9.78 Å². The molecule has 3 aromatic carbocycles. The number of ether oxygens (including phenoxy) is 5. The van der Waals surface area contributed by atoms with E-state index in [1.165, 1.54) is 19.2 Å². The number of alkyl halides is 3. The molecule has 10 heteroatoms. The number of methoxy groups -OCH3 is 1. The Kier molecular flexibility index (Phi) is 5.32. The lowest BCUT2D eigenvalue weighted by atomic mass is 9.94. The number of halogens is 3. The Hall–Kier alpha value is -4.47. The molecule has 3 heterocycles. The summed E-state index contributed by atoms with van der Waals surface area (Å²) in [5, 5.41) is 0.634. The summed E-state index contributed by atoms with van der Waals surface area (Å²) in [5.74, 6) is 1.42. The molecule has 0 saturated heterocycles. The molecule has 6 rings (SSSR count). The third-order valence-corrected chi connectivity index (χ3v) is 6.23. The summed E-state index contributed by atoms with van der Waals surface area (Å²) in [6.45, 7) is 0.167. The molecule has 37 heavy (non-hydrogen) atoms. The fourth-order valence-corrected chi connectivity index (χ4v) is 4.43. The van der Waals surface area contributed by atoms with Crippen molar-refractivity contribution in [1.29, 1.82) is 0 Å². The number of pyridine rings is 1. The molecule has 1 aromatic heterocycles. The topological polar surface area (TPSA) is 76.1 Å². The zero-order chi connectivity index (χ0) is 25.7. The Morgan fingerprint density at radius 2 is 1.70 bits per heavy atom. The predicted molar refractivity (Wildman–Crippen MR) is 125 cm³/mol. The summed E-state index contributed by atoms with van der Waals surface area (Å²) < 4.78 is 66.3. The van der Waals surface area contributed by atoms with Gasteiger partial charge in [-0.1, -0.05) is 18.2 Å². The number of aromatic nitrogens is 1. The molecule has 0 fully saturated rings. The maximum absolute atomic E-state index is 12.9. The van der Waals surface area contributed by atoms with Crippen LogP contribution in [0.5, 0.6) is 23.0 Å². The van der Waals surface area contributed by atoms with Crippen LogP contribution in [0.15, 0.2) is 54.6 Å². The van der Waals surface area contributed by atoms with Gasteiger partial charge in [0.2, 0.25) is 6.79 Å². The van der Waals surface area contributed by atoms with Gasteiger partial charge >= 0.3 is 12.1 Å². The van der Waals surface area contributed by atoms with Crippen LogP contribution in [0.25, 0.3) is 22.0 Å². The van der Waals surface area contributed by atoms with Gasteiger partial charge in [-0.15, -0.1) is 0 Å². The first kappa shape index (κ1) is 23.0. The SMILES string of the molecule is COc1cc2c(-c3ccc4c(c3)OCO4)c3c(nc2cc1OCc1ccc(C(F)(F)F)cc1)COC3=O. The fourth-order valence-electron chi connectivity index (χ4n) is 4.43. The van der Waals surface area contributed by atoms with Gasteiger partial charge in [0.1, 0.15) is 13.2 Å². The molecule has 7 nitrogen and oxygen atoms in total. The molecule has 0 N–H and O–H groups in total. The number of hydrogen-bond donors (Lipinski definition) is 0. The average molecular weight is 509 g/mol. The van der Waals surface area contributed by atoms with E-state index in [-0.39, 0.29) is 20.0 Å². The van der Waals surface area contributed by atoms with Crippen molar-refractivity contribution in [3.63, 3.8) is 0 Å². The van der Waals surface area contributed by atoms with Gasteiger partial charge in [0.25, 0.3) is 0 Å². The first-order valence-corrected chi connectivity index (χ1v) is 11.2. The maximum atomic E-state index is 12.9. The summed E-state index contributed by atoms with van der Waals surface area (Å²) in [6, 6.07) is 13.5. The van der Waals surface area contributed by atoms with Crippen molar-refractivity contribution in [1.82, 2.24) is 4.98 Å². The van der Waals surface area contributed by atoms with Gasteiger partial charge in [-0.05, 0) is 41.5 Å². The molecular weight excluding hydrogens is 491 g/mol. The van der Waals surface area contributed by atoms with Crippen molar-refractivity contribution < 1.29 is 41.7 Å². The minimum absolute atomic E-state index is 0.0154. The Morgan fingerprint density at radius 1 is 0.919 bits per heavy atom. The molecule has 188 valence electrons. The first-order valence-electron chi connectivity index (χ1n) is 11.2. The number of carbonyl (C=O) groups is 1. The van der Waals surface area contributed by atoms with E-state index in [1.807, 2.05) is 6.07 Å². The summed E-state index contributed by atoms with van der Waals surface area (Å²) >= 11 is 0. The monoisotopic (exact) mass is 509 g/mol. The second kappa shape index (κ2) is 8.58. The number of hydrogen-bond acceptors (Lipinski definition) is 7. The largest absolute Gasteiger partial charge is 0.493 e. The van der Waals surface area contributed by atoms with E-state index in [2.05, 4.69) is 4.98 Å². The second-order valence-electron chi connectivity index (χ2n) is 8.46. The van der Waals surface area contributed by atoms with Crippen molar-refractivity contribution in [3.05, 3.63) is 77.0 Å². The molecular formula is C27H18F3NO6. The zero-order valence-corrected chi connectivity index (χ0v) is 19.3. The van der Waals surface area contributed by atoms with Gasteiger partial charge in [0, 0.05) is 17.0 Å². The predicted octanol–water partition coefficient (Wildman–Crippen LogP) is 5.91. The number of esters is 1. The number of rotatable bonds is 5. The molecule has 0 bridgehead atoms. The Labute approximate surface area is 208 Å². The fraction of sp³-hybridized carbons (Fsp3) is 0.185. The van der Waals surface area contributed by atoms with Crippen LogP contribution in [-0.2, 0) is 24.1 Å². The molecule has 0 amide bonds. The van der Waals surface area contributed by atoms with Crippen molar-refractivity contribution in [2.45, 2.75) is 19.4 Å². The van der Waals surface area contributed by atoms with E-state index in [4.69, 9.17) is 23.7 Å². The Balaban J connectivity index is 1.41. The number of benzene rings is 3. The molecule has 2 aliphatic rings. The highest BCUT2D eigenvalue weighted by Crippen LogP contribution is 2.44. The normalized spacial score (nSPS) is 14.0. The van der Waals surface area contributed by atoms with Crippen LogP contribution in [0.4, 0.5) is 13.2 Å². The molecule has 4 aromatic rings. The lowest BCUT2D eigenvalue weighted by Crippen LogP contribution is -2.05. The summed E-state index contributed by atoms with van der Waals surface area (Å²) in [4.78, 5) is 17.3. The molecule has 2 aliphatic heterocycles. The van der Waals surface area contributed by atoms with Crippen molar-refractivity contribution in [2.75, 3.05) is 13.9 Å². The molecule has 0 aliphatic carbocycles. The first-order chi connectivity index (χ1) is 17.8. The van der Waals surface area contributed by atoms with E-state index in [0.717, 1.165) is 12.1 Å². The highest BCUT2D eigenvalue weighted by molar-refractivity contribution is 6.09. The zero-order valence-electron chi connectivity index (χ0n) is 19.3. The van der Waals surface area contributed by atoms with E-state index >= 15 is 0 Å². The van der Waals surface area contributed by atoms with Crippen molar-refractivity contribution >= 4 is 16.9 Å². The highest BCUT2D eigenvalue weighted by Gasteiger charge is 2.31. The minimum Gasteiger partial charge on any atom is -0.493 e. The van der Waals surface area contributed by atoms with Crippen molar-refractivity contribution in [3.8, 4) is 34.1 Å². The number of cyclic esters (lactones) is 1. The molecule has 0 atom stereocenters. The standard InChI is InChI=1S/C27H18F3NO6/c1-33-21-9-17-18(10-23(21)34-11-14-2-5-16(6-3-14)27(28,29)30)31-19-12-35-26(32)25(19)24(17)15-4-7-20-22(8-15)37-13-36-20/h2-10H,11-13H2,1H3. The highest BCUT2D eigenvalue weighted by atomic mass is 19.4. The smallest absolute Gasteiger partial charge is 0.416 e. The molecule has 0 unspecified atom stereocenters. The van der Waals surface area contributed by atoms with E-state index in [1.54, 1.807) is 24.3 Å². The van der Waals surface area contributed by atoms with E-state index in [9.17, 15) is 18.0 Å². The van der Waals surface area contributed by atoms with Gasteiger partial charge in [0.15, 0.2) is 23.0 Å². The van der Waals surface area contributed by atoms with Crippen LogP contribution in [0.3, 0.4) is 0 Å². The summed E-state index contributed by atoms with van der Waals surface area (Å²) in [5.41, 5.74) is 2.55. The summed E-state index contributed by atoms with van der Waals surface area (Å²) in [7, 11) is 1.47. The quantitative estimate of drug-likeness (QED) is 0.310. The van der Waals surface area contributed by atoms with Crippen LogP contribution in [0.2, 0.25) is 0 Å². The second-order valence-corrected chi connectivity index (χ2v) is 8.46. The average Bonchev–Trinajstić information content (AvgIpc) is 3.51. The van der Waals surface area contributed by atoms with Crippen LogP contribution < -0.4 is 18.9 Å². The van der Waals surface area contributed by atoms with Crippen molar-refractivity contribution in [2.24, 2.45) is 0 Å². The van der Waals surface area contributed by atoms with E-state index in [0.29, 0.717) is 61.8 Å². The van der Waals surface area contributed by atoms with Crippen LogP contribution in [0.1, 0.15) is 27.2 Å². The number of carbonyl (C=O) groups excluding carboxylic acids is 1. The Bertz CT molecular complexity index is 1550. The minimum atomic E-state index is -4.41. The van der Waals surface area contributed by atoms with Crippen LogP contribution in [0, 0.1) is 0 Å². The lowest BCUT2D eigenvalue weighted by Gasteiger charge is -2.16. The van der Waals surface area contributed by atoms with Gasteiger partial charge < -0.3 is 23.7 Å². The third-order valence-electron chi connectivity index (χ3n) is 6.23. The lowest BCUT2D eigenvalue weighted by molar-refractivity contribution is -0.137. The van der Waals surface area contributed by atoms with E-state index < -0.39 is 17.7 Å². The molecule has 0 saturated carbocycles. The van der Waals surface area contributed by atoms with Gasteiger partial charge in [-0.2, -0.15) is 13.2 Å². The number of nitrogens with zero attached hydrogens (tertiary/aromatic N) is 1. The van der Waals surface area contributed by atoms with Crippen LogP contribution >= 0.6 is 0 Å². The molecule has 0 radical (unpaired) electrons. The maximum Gasteiger partial charge on any atom is 0.416 e. The Morgan fingerprint density at radius 3 is 2.46 bits per heavy atom. The third kappa shape index (κ3) is 4.04. The number of fused-ring (bicyclic) bond motifs is 3.